The molecule has 160 valence electrons. The molecule has 0 aliphatic carbocycles. The third-order valence-corrected chi connectivity index (χ3v) is 5.81. The smallest absolute Gasteiger partial charge is 0.251 e. The molecule has 0 bridgehead atoms. The molecule has 1 fully saturated rings. The lowest BCUT2D eigenvalue weighted by Crippen LogP contribution is -2.68. The number of aliphatic hydroxyl groups excluding tert-OH is 4. The number of aliphatic hydroxyl groups is 4. The maximum Gasteiger partial charge on any atom is 0.251 e. The topological polar surface area (TPSA) is 128 Å². The first-order valence-corrected chi connectivity index (χ1v) is 9.86. The van der Waals surface area contributed by atoms with Crippen LogP contribution in [0.4, 0.5) is 0 Å². The van der Waals surface area contributed by atoms with E-state index >= 15 is 0 Å². The van der Waals surface area contributed by atoms with Crippen LogP contribution in [-0.2, 0) is 11.2 Å². The van der Waals surface area contributed by atoms with Crippen molar-refractivity contribution in [1.29, 1.82) is 0 Å². The summed E-state index contributed by atoms with van der Waals surface area (Å²) in [5.41, 5.74) is 3.24. The Labute approximate surface area is 173 Å². The Morgan fingerprint density at radius 1 is 1.13 bits per heavy atom. The van der Waals surface area contributed by atoms with Gasteiger partial charge in [0.05, 0.1) is 6.61 Å². The van der Waals surface area contributed by atoms with Gasteiger partial charge >= 0.3 is 0 Å². The van der Waals surface area contributed by atoms with E-state index in [9.17, 15) is 25.2 Å². The van der Waals surface area contributed by atoms with Crippen LogP contribution >= 0.6 is 0 Å². The largest absolute Gasteiger partial charge is 0.459 e. The van der Waals surface area contributed by atoms with E-state index in [1.165, 1.54) is 0 Å². The Morgan fingerprint density at radius 3 is 2.63 bits per heavy atom. The zero-order valence-electron chi connectivity index (χ0n) is 16.5. The van der Waals surface area contributed by atoms with Crippen molar-refractivity contribution in [2.45, 2.75) is 43.0 Å². The lowest BCUT2D eigenvalue weighted by atomic mass is 9.86. The monoisotopic (exact) mass is 415 g/mol. The van der Waals surface area contributed by atoms with Crippen LogP contribution in [0.2, 0.25) is 0 Å². The number of carbonyl (C=O) groups is 1. The fourth-order valence-corrected chi connectivity index (χ4v) is 4.08. The standard InChI is InChI=1S/C22H25NO7/c1-23-21(28)15-4-2-3-12(10-15)13-5-6-16-14(9-13)7-8-22(29-16)20(27)19(26)18(25)17(11-24)30-22/h2-6,9-10,17-20,24-27H,7-8,11H2,1H3,(H,23,28)/t17-,18-,19+,20+,22+/m1/s1. The van der Waals surface area contributed by atoms with Crippen LogP contribution < -0.4 is 10.1 Å². The number of nitrogens with one attached hydrogen (secondary N) is 1. The fourth-order valence-electron chi connectivity index (χ4n) is 4.08. The second-order valence-electron chi connectivity index (χ2n) is 7.66. The number of benzene rings is 2. The van der Waals surface area contributed by atoms with E-state index in [1.54, 1.807) is 19.2 Å². The molecule has 5 N–H and O–H groups in total. The summed E-state index contributed by atoms with van der Waals surface area (Å²) in [5.74, 6) is -1.21. The van der Waals surface area contributed by atoms with Crippen LogP contribution in [0.5, 0.6) is 5.75 Å². The summed E-state index contributed by atoms with van der Waals surface area (Å²) in [6, 6.07) is 12.8. The number of carbonyl (C=O) groups excluding carboxylic acids is 1. The van der Waals surface area contributed by atoms with Crippen molar-refractivity contribution < 1.29 is 34.7 Å². The van der Waals surface area contributed by atoms with Crippen molar-refractivity contribution in [2.24, 2.45) is 0 Å². The number of fused-ring (bicyclic) bond motifs is 1. The number of rotatable bonds is 3. The van der Waals surface area contributed by atoms with Gasteiger partial charge in [-0.25, -0.2) is 0 Å². The van der Waals surface area contributed by atoms with Gasteiger partial charge in [0, 0.05) is 19.0 Å². The normalized spacial score (nSPS) is 30.4. The number of amides is 1. The van der Waals surface area contributed by atoms with Gasteiger partial charge in [-0.1, -0.05) is 18.2 Å². The molecule has 0 aromatic heterocycles. The maximum absolute atomic E-state index is 11.9. The van der Waals surface area contributed by atoms with Gasteiger partial charge in [-0.05, 0) is 47.4 Å². The van der Waals surface area contributed by atoms with Crippen molar-refractivity contribution >= 4 is 5.91 Å². The van der Waals surface area contributed by atoms with E-state index in [2.05, 4.69) is 5.32 Å². The quantitative estimate of drug-likeness (QED) is 0.485. The summed E-state index contributed by atoms with van der Waals surface area (Å²) in [4.78, 5) is 11.9. The van der Waals surface area contributed by atoms with Gasteiger partial charge in [-0.3, -0.25) is 4.79 Å². The minimum absolute atomic E-state index is 0.164. The highest BCUT2D eigenvalue weighted by Gasteiger charge is 2.56. The lowest BCUT2D eigenvalue weighted by Gasteiger charge is -2.49. The van der Waals surface area contributed by atoms with Gasteiger partial charge < -0.3 is 35.2 Å². The molecule has 5 atom stereocenters. The fraction of sp³-hybridized carbons (Fsp3) is 0.409. The van der Waals surface area contributed by atoms with E-state index in [1.807, 2.05) is 30.3 Å². The molecule has 8 heteroatoms. The average molecular weight is 415 g/mol. The molecule has 30 heavy (non-hydrogen) atoms. The van der Waals surface area contributed by atoms with Crippen LogP contribution in [0.15, 0.2) is 42.5 Å². The zero-order chi connectivity index (χ0) is 21.5. The van der Waals surface area contributed by atoms with E-state index in [0.717, 1.165) is 16.7 Å². The van der Waals surface area contributed by atoms with Gasteiger partial charge in [-0.2, -0.15) is 0 Å². The van der Waals surface area contributed by atoms with Gasteiger partial charge in [0.1, 0.15) is 30.2 Å². The molecule has 1 amide bonds. The van der Waals surface area contributed by atoms with Gasteiger partial charge in [0.15, 0.2) is 0 Å². The Balaban J connectivity index is 1.62. The minimum atomic E-state index is -1.54. The number of ether oxygens (including phenoxy) is 2. The molecule has 2 heterocycles. The molecule has 4 rings (SSSR count). The number of hydrogen-bond acceptors (Lipinski definition) is 7. The number of aryl methyl sites for hydroxylation is 1. The SMILES string of the molecule is CNC(=O)c1cccc(-c2ccc3c(c2)CC[C@]2(O3)O[C@H](CO)[C@@H](O)[C@H](O)[C@@H]2O)c1. The zero-order valence-corrected chi connectivity index (χ0v) is 16.5. The highest BCUT2D eigenvalue weighted by Crippen LogP contribution is 2.42. The molecule has 0 unspecified atom stereocenters. The van der Waals surface area contributed by atoms with Crippen LogP contribution in [0.1, 0.15) is 22.3 Å². The van der Waals surface area contributed by atoms with Crippen molar-refractivity contribution in [3.8, 4) is 16.9 Å². The summed E-state index contributed by atoms with van der Waals surface area (Å²) in [7, 11) is 1.58. The molecule has 2 aromatic rings. The first-order chi connectivity index (χ1) is 14.4. The Morgan fingerprint density at radius 2 is 1.90 bits per heavy atom. The average Bonchev–Trinajstić information content (AvgIpc) is 2.79. The van der Waals surface area contributed by atoms with Gasteiger partial charge in [-0.15, -0.1) is 0 Å². The summed E-state index contributed by atoms with van der Waals surface area (Å²) in [5, 5.41) is 42.8. The third-order valence-electron chi connectivity index (χ3n) is 5.81. The van der Waals surface area contributed by atoms with Crippen molar-refractivity contribution in [1.82, 2.24) is 5.32 Å². The van der Waals surface area contributed by atoms with Gasteiger partial charge in [0.25, 0.3) is 5.91 Å². The van der Waals surface area contributed by atoms with E-state index in [0.29, 0.717) is 17.7 Å². The molecule has 0 radical (unpaired) electrons. The Kier molecular flexibility index (Phi) is 5.52. The summed E-state index contributed by atoms with van der Waals surface area (Å²) < 4.78 is 11.7. The molecule has 2 aromatic carbocycles. The predicted molar refractivity (Wildman–Crippen MR) is 107 cm³/mol. The van der Waals surface area contributed by atoms with E-state index in [4.69, 9.17) is 9.47 Å². The highest BCUT2D eigenvalue weighted by molar-refractivity contribution is 5.95. The van der Waals surface area contributed by atoms with Crippen molar-refractivity contribution in [2.75, 3.05) is 13.7 Å². The molecule has 8 nitrogen and oxygen atoms in total. The minimum Gasteiger partial charge on any atom is -0.459 e. The van der Waals surface area contributed by atoms with Crippen LogP contribution in [0, 0.1) is 0 Å². The molecule has 0 saturated carbocycles. The molecular weight excluding hydrogens is 390 g/mol. The second kappa shape index (κ2) is 7.98. The van der Waals surface area contributed by atoms with Crippen LogP contribution in [-0.4, -0.2) is 70.2 Å². The van der Waals surface area contributed by atoms with Crippen molar-refractivity contribution in [3.63, 3.8) is 0 Å². The third kappa shape index (κ3) is 3.46. The van der Waals surface area contributed by atoms with Crippen molar-refractivity contribution in [3.05, 3.63) is 53.6 Å². The Hall–Kier alpha value is -2.49. The summed E-state index contributed by atoms with van der Waals surface area (Å²) >= 11 is 0. The summed E-state index contributed by atoms with van der Waals surface area (Å²) in [6.45, 7) is -0.510. The first kappa shape index (κ1) is 20.8. The molecular formula is C22H25NO7. The van der Waals surface area contributed by atoms with E-state index in [-0.39, 0.29) is 12.3 Å². The van der Waals surface area contributed by atoms with Gasteiger partial charge in [0.2, 0.25) is 5.79 Å². The highest BCUT2D eigenvalue weighted by atomic mass is 16.7. The number of hydrogen-bond donors (Lipinski definition) is 5. The maximum atomic E-state index is 11.9. The first-order valence-electron chi connectivity index (χ1n) is 9.86. The molecule has 2 aliphatic rings. The van der Waals surface area contributed by atoms with Crippen LogP contribution in [0.3, 0.4) is 0 Å². The molecule has 1 spiro atoms. The summed E-state index contributed by atoms with van der Waals surface area (Å²) in [6.07, 6.45) is -4.69. The Bertz CT molecular complexity index is 947. The molecule has 1 saturated heterocycles. The van der Waals surface area contributed by atoms with Crippen LogP contribution in [0.25, 0.3) is 11.1 Å². The van der Waals surface area contributed by atoms with E-state index < -0.39 is 36.8 Å². The lowest BCUT2D eigenvalue weighted by molar-refractivity contribution is -0.342. The second-order valence-corrected chi connectivity index (χ2v) is 7.66. The predicted octanol–water partition coefficient (Wildman–Crippen LogP) is 0.208. The molecule has 2 aliphatic heterocycles.